The van der Waals surface area contributed by atoms with Crippen molar-refractivity contribution in [3.63, 3.8) is 0 Å². The molecule has 1 amide bonds. The molecule has 1 aliphatic rings. The highest BCUT2D eigenvalue weighted by atomic mass is 19.4. The van der Waals surface area contributed by atoms with Crippen molar-refractivity contribution in [1.82, 2.24) is 15.5 Å². The molecule has 0 radical (unpaired) electrons. The van der Waals surface area contributed by atoms with Crippen LogP contribution in [0.4, 0.5) is 17.6 Å². The molecule has 2 N–H and O–H groups in total. The van der Waals surface area contributed by atoms with Gasteiger partial charge in [-0.25, -0.2) is 4.39 Å². The number of hydrogen-bond donors (Lipinski definition) is 2. The summed E-state index contributed by atoms with van der Waals surface area (Å²) in [6, 6.07) is 2.52. The smallest absolute Gasteiger partial charge is 0.352 e. The quantitative estimate of drug-likeness (QED) is 0.484. The van der Waals surface area contributed by atoms with Gasteiger partial charge < -0.3 is 15.5 Å². The van der Waals surface area contributed by atoms with Crippen LogP contribution in [-0.4, -0.2) is 43.4 Å². The van der Waals surface area contributed by atoms with E-state index in [0.717, 1.165) is 44.5 Å². The maximum Gasteiger partial charge on any atom is 0.416 e. The Hall–Kier alpha value is -2.32. The summed E-state index contributed by atoms with van der Waals surface area (Å²) < 4.78 is 52.1. The van der Waals surface area contributed by atoms with Gasteiger partial charge in [0.05, 0.1) is 12.1 Å². The molecule has 144 valence electrons. The molecule has 1 aromatic carbocycles. The van der Waals surface area contributed by atoms with Crippen LogP contribution in [0.15, 0.2) is 23.2 Å². The lowest BCUT2D eigenvalue weighted by Gasteiger charge is -2.27. The summed E-state index contributed by atoms with van der Waals surface area (Å²) in [5.41, 5.74) is -1.14. The second kappa shape index (κ2) is 8.86. The fourth-order valence-corrected chi connectivity index (χ4v) is 2.78. The number of carbonyl (C=O) groups is 1. The van der Waals surface area contributed by atoms with Gasteiger partial charge in [-0.15, -0.1) is 0 Å². The molecule has 9 heteroatoms. The number of guanidine groups is 1. The Balaban J connectivity index is 1.92. The second-order valence-electron chi connectivity index (χ2n) is 6.02. The molecule has 0 bridgehead atoms. The van der Waals surface area contributed by atoms with Crippen molar-refractivity contribution in [2.45, 2.75) is 32.0 Å². The van der Waals surface area contributed by atoms with Crippen molar-refractivity contribution < 1.29 is 22.4 Å². The number of hydrogen-bond acceptors (Lipinski definition) is 2. The first kappa shape index (κ1) is 20.0. The fourth-order valence-electron chi connectivity index (χ4n) is 2.78. The number of halogens is 4. The van der Waals surface area contributed by atoms with E-state index >= 15 is 0 Å². The number of likely N-dealkylation sites (tertiary alicyclic amines) is 1. The Morgan fingerprint density at radius 2 is 1.88 bits per heavy atom. The summed E-state index contributed by atoms with van der Waals surface area (Å²) in [6.45, 7) is 1.25. The number of amides is 1. The average Bonchev–Trinajstić information content (AvgIpc) is 2.62. The molecule has 1 heterocycles. The Labute approximate surface area is 149 Å². The Morgan fingerprint density at radius 3 is 2.50 bits per heavy atom. The number of nitrogens with zero attached hydrogens (tertiary/aromatic N) is 2. The van der Waals surface area contributed by atoms with Gasteiger partial charge in [-0.05, 0) is 37.0 Å². The zero-order chi connectivity index (χ0) is 19.2. The molecule has 0 atom stereocenters. The first-order chi connectivity index (χ1) is 12.3. The topological polar surface area (TPSA) is 56.7 Å². The van der Waals surface area contributed by atoms with Crippen molar-refractivity contribution in [1.29, 1.82) is 0 Å². The number of benzene rings is 1. The SMILES string of the molecule is CN=C(NCC(=O)N1CCCCC1)NCc1ccc(F)cc1C(F)(F)F. The van der Waals surface area contributed by atoms with Gasteiger partial charge in [-0.2, -0.15) is 13.2 Å². The Bertz CT molecular complexity index is 655. The van der Waals surface area contributed by atoms with Gasteiger partial charge in [0.15, 0.2) is 5.96 Å². The predicted molar refractivity (Wildman–Crippen MR) is 90.0 cm³/mol. The van der Waals surface area contributed by atoms with E-state index in [1.54, 1.807) is 4.90 Å². The fraction of sp³-hybridized carbons (Fsp3) is 0.529. The minimum absolute atomic E-state index is 0.00915. The summed E-state index contributed by atoms with van der Waals surface area (Å²) in [4.78, 5) is 17.8. The molecular formula is C17H22F4N4O. The van der Waals surface area contributed by atoms with Crippen molar-refractivity contribution >= 4 is 11.9 Å². The lowest BCUT2D eigenvalue weighted by Crippen LogP contribution is -2.45. The number of carbonyl (C=O) groups excluding carboxylic acids is 1. The monoisotopic (exact) mass is 374 g/mol. The molecule has 2 rings (SSSR count). The van der Waals surface area contributed by atoms with Gasteiger partial charge in [0.25, 0.3) is 0 Å². The molecule has 0 aliphatic carbocycles. The van der Waals surface area contributed by atoms with Gasteiger partial charge in [-0.1, -0.05) is 6.07 Å². The van der Waals surface area contributed by atoms with Crippen molar-refractivity contribution in [2.75, 3.05) is 26.7 Å². The van der Waals surface area contributed by atoms with Crippen LogP contribution < -0.4 is 10.6 Å². The third kappa shape index (κ3) is 5.60. The number of aliphatic imine (C=N–C) groups is 1. The summed E-state index contributed by atoms with van der Waals surface area (Å²) in [5, 5.41) is 5.52. The van der Waals surface area contributed by atoms with E-state index in [4.69, 9.17) is 0 Å². The molecule has 0 spiro atoms. The van der Waals surface area contributed by atoms with Crippen LogP contribution in [0, 0.1) is 5.82 Å². The van der Waals surface area contributed by atoms with Crippen LogP contribution in [-0.2, 0) is 17.5 Å². The number of alkyl halides is 3. The molecule has 5 nitrogen and oxygen atoms in total. The van der Waals surface area contributed by atoms with Crippen molar-refractivity contribution in [3.8, 4) is 0 Å². The molecule has 0 unspecified atom stereocenters. The van der Waals surface area contributed by atoms with Crippen LogP contribution in [0.5, 0.6) is 0 Å². The molecule has 1 fully saturated rings. The van der Waals surface area contributed by atoms with Gasteiger partial charge in [-0.3, -0.25) is 9.79 Å². The summed E-state index contributed by atoms with van der Waals surface area (Å²) >= 11 is 0. The second-order valence-corrected chi connectivity index (χ2v) is 6.02. The zero-order valence-corrected chi connectivity index (χ0v) is 14.5. The molecule has 26 heavy (non-hydrogen) atoms. The lowest BCUT2D eigenvalue weighted by molar-refractivity contribution is -0.138. The molecule has 1 aromatic rings. The zero-order valence-electron chi connectivity index (χ0n) is 14.5. The van der Waals surface area contributed by atoms with Gasteiger partial charge in [0, 0.05) is 26.7 Å². The minimum Gasteiger partial charge on any atom is -0.352 e. The Kier molecular flexibility index (Phi) is 6.82. The van der Waals surface area contributed by atoms with Gasteiger partial charge in [0.2, 0.25) is 5.91 Å². The molecule has 1 saturated heterocycles. The van der Waals surface area contributed by atoms with Crippen LogP contribution in [0.3, 0.4) is 0 Å². The number of nitrogens with one attached hydrogen (secondary N) is 2. The Morgan fingerprint density at radius 1 is 1.19 bits per heavy atom. The van der Waals surface area contributed by atoms with Gasteiger partial charge >= 0.3 is 6.18 Å². The van der Waals surface area contributed by atoms with E-state index in [9.17, 15) is 22.4 Å². The van der Waals surface area contributed by atoms with Crippen LogP contribution in [0.1, 0.15) is 30.4 Å². The maximum absolute atomic E-state index is 13.1. The maximum atomic E-state index is 13.1. The van der Waals surface area contributed by atoms with Crippen LogP contribution >= 0.6 is 0 Å². The summed E-state index contributed by atoms with van der Waals surface area (Å²) in [7, 11) is 1.45. The van der Waals surface area contributed by atoms with E-state index in [-0.39, 0.29) is 30.5 Å². The number of piperidine rings is 1. The third-order valence-electron chi connectivity index (χ3n) is 4.16. The molecule has 0 saturated carbocycles. The van der Waals surface area contributed by atoms with E-state index in [0.29, 0.717) is 6.07 Å². The lowest BCUT2D eigenvalue weighted by atomic mass is 10.1. The summed E-state index contributed by atoms with van der Waals surface area (Å²) in [6.07, 6.45) is -1.59. The first-order valence-electron chi connectivity index (χ1n) is 8.39. The van der Waals surface area contributed by atoms with Crippen LogP contribution in [0.25, 0.3) is 0 Å². The van der Waals surface area contributed by atoms with E-state index in [1.165, 1.54) is 7.05 Å². The highest BCUT2D eigenvalue weighted by molar-refractivity contribution is 5.86. The van der Waals surface area contributed by atoms with E-state index in [2.05, 4.69) is 15.6 Å². The molecule has 1 aliphatic heterocycles. The van der Waals surface area contributed by atoms with Crippen molar-refractivity contribution in [2.24, 2.45) is 4.99 Å². The van der Waals surface area contributed by atoms with Gasteiger partial charge in [0.1, 0.15) is 5.82 Å². The highest BCUT2D eigenvalue weighted by Gasteiger charge is 2.33. The van der Waals surface area contributed by atoms with Crippen molar-refractivity contribution in [3.05, 3.63) is 35.1 Å². The van der Waals surface area contributed by atoms with E-state index < -0.39 is 17.6 Å². The first-order valence-corrected chi connectivity index (χ1v) is 8.39. The molecular weight excluding hydrogens is 352 g/mol. The average molecular weight is 374 g/mol. The summed E-state index contributed by atoms with van der Waals surface area (Å²) in [5.74, 6) is -0.825. The minimum atomic E-state index is -4.65. The normalized spacial score (nSPS) is 15.7. The third-order valence-corrected chi connectivity index (χ3v) is 4.16. The highest BCUT2D eigenvalue weighted by Crippen LogP contribution is 2.32. The number of rotatable bonds is 4. The van der Waals surface area contributed by atoms with E-state index in [1.807, 2.05) is 0 Å². The standard InChI is InChI=1S/C17H22F4N4O/c1-22-16(24-11-15(26)25-7-3-2-4-8-25)23-10-12-5-6-13(18)9-14(12)17(19,20)21/h5-6,9H,2-4,7-8,10-11H2,1H3,(H2,22,23,24). The van der Waals surface area contributed by atoms with Crippen LogP contribution in [0.2, 0.25) is 0 Å². The molecule has 0 aromatic heterocycles. The largest absolute Gasteiger partial charge is 0.416 e. The predicted octanol–water partition coefficient (Wildman–Crippen LogP) is 2.52.